The third kappa shape index (κ3) is 7.14. The van der Waals surface area contributed by atoms with Crippen LogP contribution in [0.15, 0.2) is 30.8 Å². The number of carbonyl (C=O) groups is 1. The second-order valence-corrected chi connectivity index (χ2v) is 15.2. The molecule has 7 heteroatoms. The molecule has 0 fully saturated rings. The van der Waals surface area contributed by atoms with Gasteiger partial charge in [-0.15, -0.1) is 0 Å². The number of hydrogen-bond donors (Lipinski definition) is 1. The van der Waals surface area contributed by atoms with Crippen molar-refractivity contribution < 1.29 is 14.3 Å². The van der Waals surface area contributed by atoms with E-state index in [0.717, 1.165) is 35.2 Å². The first-order chi connectivity index (χ1) is 13.9. The lowest BCUT2D eigenvalue weighted by Crippen LogP contribution is -2.27. The highest BCUT2D eigenvalue weighted by Gasteiger charge is 2.18. The van der Waals surface area contributed by atoms with Crippen LogP contribution >= 0.6 is 0 Å². The molecular weight excluding hydrogens is 394 g/mol. The molecule has 0 saturated heterocycles. The largest absolute Gasteiger partial charge is 0.444 e. The molecule has 0 bridgehead atoms. The quantitative estimate of drug-likeness (QED) is 0.403. The number of aromatic nitrogens is 2. The molecule has 164 valence electrons. The van der Waals surface area contributed by atoms with E-state index in [1.807, 2.05) is 62.7 Å². The van der Waals surface area contributed by atoms with Gasteiger partial charge in [-0.3, -0.25) is 5.32 Å². The second kappa shape index (κ2) is 9.62. The molecule has 0 atom stereocenters. The molecule has 2 rings (SSSR count). The lowest BCUT2D eigenvalue weighted by atomic mass is 10.0. The van der Waals surface area contributed by atoms with E-state index in [4.69, 9.17) is 9.47 Å². The van der Waals surface area contributed by atoms with Gasteiger partial charge in [-0.2, -0.15) is 5.10 Å². The summed E-state index contributed by atoms with van der Waals surface area (Å²) < 4.78 is 13.0. The molecule has 1 aromatic carbocycles. The molecule has 6 nitrogen and oxygen atoms in total. The van der Waals surface area contributed by atoms with Gasteiger partial charge in [0.1, 0.15) is 12.3 Å². The zero-order valence-corrected chi connectivity index (χ0v) is 20.3. The Balaban J connectivity index is 2.12. The van der Waals surface area contributed by atoms with Gasteiger partial charge < -0.3 is 9.47 Å². The maximum absolute atomic E-state index is 12.0. The van der Waals surface area contributed by atoms with Crippen molar-refractivity contribution in [2.45, 2.75) is 65.7 Å². The van der Waals surface area contributed by atoms with Crippen LogP contribution in [0.5, 0.6) is 0 Å². The number of anilines is 1. The number of amides is 1. The van der Waals surface area contributed by atoms with E-state index in [1.165, 1.54) is 0 Å². The predicted octanol–water partition coefficient (Wildman–Crippen LogP) is 6.16. The van der Waals surface area contributed by atoms with Crippen LogP contribution in [-0.4, -0.2) is 36.2 Å². The minimum Gasteiger partial charge on any atom is -0.444 e. The van der Waals surface area contributed by atoms with E-state index >= 15 is 0 Å². The van der Waals surface area contributed by atoms with Gasteiger partial charge in [0.05, 0.1) is 11.4 Å². The maximum Gasteiger partial charge on any atom is 0.412 e. The summed E-state index contributed by atoms with van der Waals surface area (Å²) in [6.45, 7) is 19.6. The molecule has 1 amide bonds. The Hall–Kier alpha value is -2.38. The minimum absolute atomic E-state index is 0.408. The normalized spacial score (nSPS) is 12.0. The first-order valence-corrected chi connectivity index (χ1v) is 14.0. The summed E-state index contributed by atoms with van der Waals surface area (Å²) in [5, 5.41) is 7.40. The van der Waals surface area contributed by atoms with Crippen LogP contribution in [0.4, 0.5) is 10.5 Å². The van der Waals surface area contributed by atoms with Gasteiger partial charge in [-0.25, -0.2) is 9.48 Å². The van der Waals surface area contributed by atoms with Gasteiger partial charge in [0, 0.05) is 25.9 Å². The molecule has 0 aliphatic carbocycles. The molecular formula is C23H35N3O3Si. The monoisotopic (exact) mass is 429 g/mol. The first kappa shape index (κ1) is 23.9. The lowest BCUT2D eigenvalue weighted by molar-refractivity contribution is 0.0636. The summed E-state index contributed by atoms with van der Waals surface area (Å²) in [4.78, 5) is 12.0. The van der Waals surface area contributed by atoms with Crippen molar-refractivity contribution >= 4 is 25.9 Å². The van der Waals surface area contributed by atoms with Crippen LogP contribution in [0.2, 0.25) is 25.7 Å². The highest BCUT2D eigenvalue weighted by Crippen LogP contribution is 2.29. The number of nitrogens with one attached hydrogen (secondary N) is 1. The number of benzene rings is 1. The lowest BCUT2D eigenvalue weighted by Gasteiger charge is -2.19. The zero-order valence-electron chi connectivity index (χ0n) is 19.3. The molecule has 2 aromatic rings. The Morgan fingerprint density at radius 3 is 2.40 bits per heavy atom. The fourth-order valence-corrected chi connectivity index (χ4v) is 3.69. The van der Waals surface area contributed by atoms with Gasteiger partial charge in [0.2, 0.25) is 0 Å². The number of nitrogens with zero attached hydrogens (tertiary/aromatic N) is 2. The molecule has 1 aromatic heterocycles. The summed E-state index contributed by atoms with van der Waals surface area (Å²) in [5.74, 6) is 0. The van der Waals surface area contributed by atoms with Crippen LogP contribution in [0.3, 0.4) is 0 Å². The van der Waals surface area contributed by atoms with Crippen molar-refractivity contribution in [1.29, 1.82) is 0 Å². The number of hydrogen-bond acceptors (Lipinski definition) is 4. The third-order valence-corrected chi connectivity index (χ3v) is 6.09. The Labute approximate surface area is 181 Å². The molecule has 1 heterocycles. The predicted molar refractivity (Wildman–Crippen MR) is 126 cm³/mol. The summed E-state index contributed by atoms with van der Waals surface area (Å²) in [6.07, 6.45) is 1.34. The van der Waals surface area contributed by atoms with E-state index < -0.39 is 19.8 Å². The maximum atomic E-state index is 12.0. The standard InChI is InChI=1S/C23H35N3O3Si/c1-9-20-21(17(2)25-26(20)16-28-14-15-30(6,7)8)18-10-12-19(13-11-18)24-22(27)29-23(3,4)5/h9-13H,1,14-16H2,2-8H3,(H,24,27). The number of carbonyl (C=O) groups excluding carboxylic acids is 1. The molecule has 1 N–H and O–H groups in total. The van der Waals surface area contributed by atoms with E-state index in [-0.39, 0.29) is 0 Å². The van der Waals surface area contributed by atoms with Crippen LogP contribution < -0.4 is 5.32 Å². The van der Waals surface area contributed by atoms with Crippen molar-refractivity contribution in [1.82, 2.24) is 9.78 Å². The fraction of sp³-hybridized carbons (Fsp3) is 0.478. The van der Waals surface area contributed by atoms with Crippen LogP contribution in [0.25, 0.3) is 17.2 Å². The molecule has 30 heavy (non-hydrogen) atoms. The van der Waals surface area contributed by atoms with Crippen LogP contribution in [0, 0.1) is 6.92 Å². The minimum atomic E-state index is -1.12. The number of rotatable bonds is 8. The highest BCUT2D eigenvalue weighted by atomic mass is 28.3. The number of aryl methyl sites for hydroxylation is 1. The second-order valence-electron chi connectivity index (χ2n) is 9.60. The van der Waals surface area contributed by atoms with Gasteiger partial charge >= 0.3 is 6.09 Å². The van der Waals surface area contributed by atoms with E-state index in [2.05, 4.69) is 36.6 Å². The van der Waals surface area contributed by atoms with Crippen molar-refractivity contribution in [3.63, 3.8) is 0 Å². The van der Waals surface area contributed by atoms with Crippen LogP contribution in [-0.2, 0) is 16.2 Å². The summed E-state index contributed by atoms with van der Waals surface area (Å²) in [7, 11) is -1.12. The average Bonchev–Trinajstić information content (AvgIpc) is 2.92. The molecule has 0 spiro atoms. The number of ether oxygens (including phenoxy) is 2. The van der Waals surface area contributed by atoms with Crippen molar-refractivity contribution in [3.8, 4) is 11.1 Å². The summed E-state index contributed by atoms with van der Waals surface area (Å²) in [6, 6.07) is 8.75. The van der Waals surface area contributed by atoms with Crippen LogP contribution in [0.1, 0.15) is 32.2 Å². The fourth-order valence-electron chi connectivity index (χ4n) is 2.93. The Morgan fingerprint density at radius 1 is 1.23 bits per heavy atom. The molecule has 0 radical (unpaired) electrons. The Kier molecular flexibility index (Phi) is 7.66. The van der Waals surface area contributed by atoms with Gasteiger partial charge in [-0.05, 0) is 57.5 Å². The van der Waals surface area contributed by atoms with Crippen molar-refractivity contribution in [3.05, 3.63) is 42.2 Å². The summed E-state index contributed by atoms with van der Waals surface area (Å²) >= 11 is 0. The topological polar surface area (TPSA) is 65.4 Å². The third-order valence-electron chi connectivity index (χ3n) is 4.39. The molecule has 0 aliphatic heterocycles. The van der Waals surface area contributed by atoms with E-state index in [0.29, 0.717) is 12.4 Å². The van der Waals surface area contributed by atoms with Gasteiger partial charge in [0.25, 0.3) is 0 Å². The molecule has 0 saturated carbocycles. The Bertz CT molecular complexity index is 875. The van der Waals surface area contributed by atoms with E-state index in [1.54, 1.807) is 0 Å². The molecule has 0 unspecified atom stereocenters. The first-order valence-electron chi connectivity index (χ1n) is 10.3. The smallest absolute Gasteiger partial charge is 0.412 e. The van der Waals surface area contributed by atoms with Crippen molar-refractivity contribution in [2.75, 3.05) is 11.9 Å². The summed E-state index contributed by atoms with van der Waals surface area (Å²) in [5.41, 5.74) is 3.99. The van der Waals surface area contributed by atoms with Crippen molar-refractivity contribution in [2.24, 2.45) is 0 Å². The van der Waals surface area contributed by atoms with E-state index in [9.17, 15) is 4.79 Å². The van der Waals surface area contributed by atoms with Gasteiger partial charge in [0.15, 0.2) is 0 Å². The van der Waals surface area contributed by atoms with Gasteiger partial charge in [-0.1, -0.05) is 38.4 Å². The highest BCUT2D eigenvalue weighted by molar-refractivity contribution is 6.76. The molecule has 0 aliphatic rings. The zero-order chi connectivity index (χ0) is 22.5. The average molecular weight is 430 g/mol. The SMILES string of the molecule is C=Cc1c(-c2ccc(NC(=O)OC(C)(C)C)cc2)c(C)nn1COCC[Si](C)(C)C. The Morgan fingerprint density at radius 2 is 1.87 bits per heavy atom.